The maximum Gasteiger partial charge on any atom is 0.0473 e. The van der Waals surface area contributed by atoms with Crippen LogP contribution in [0, 0.1) is 12.8 Å². The molecular weight excluding hydrogens is 256 g/mol. The van der Waals surface area contributed by atoms with Crippen LogP contribution in [0.5, 0.6) is 0 Å². The van der Waals surface area contributed by atoms with Gasteiger partial charge in [0.25, 0.3) is 0 Å². The second kappa shape index (κ2) is 7.28. The number of benzene rings is 1. The van der Waals surface area contributed by atoms with E-state index < -0.39 is 0 Å². The fourth-order valence-corrected chi connectivity index (χ4v) is 2.59. The molecule has 1 aromatic rings. The molecule has 108 valence electrons. The van der Waals surface area contributed by atoms with E-state index in [-0.39, 0.29) is 6.04 Å². The summed E-state index contributed by atoms with van der Waals surface area (Å²) < 4.78 is 0. The molecule has 1 aromatic carbocycles. The molecule has 0 aliphatic carbocycles. The average molecular weight is 283 g/mol. The highest BCUT2D eigenvalue weighted by molar-refractivity contribution is 6.31. The van der Waals surface area contributed by atoms with E-state index in [2.05, 4.69) is 50.8 Å². The zero-order chi connectivity index (χ0) is 14.6. The third-order valence-corrected chi connectivity index (χ3v) is 3.85. The van der Waals surface area contributed by atoms with Crippen LogP contribution in [0.15, 0.2) is 18.2 Å². The van der Waals surface area contributed by atoms with Gasteiger partial charge in [0, 0.05) is 30.2 Å². The Morgan fingerprint density at radius 2 is 1.84 bits per heavy atom. The maximum atomic E-state index is 6.25. The number of nitrogens with zero attached hydrogens (tertiary/aromatic N) is 1. The summed E-state index contributed by atoms with van der Waals surface area (Å²) in [5.74, 6) is 0.623. The van der Waals surface area contributed by atoms with Gasteiger partial charge in [-0.25, -0.2) is 0 Å². The topological polar surface area (TPSA) is 29.3 Å². The zero-order valence-corrected chi connectivity index (χ0v) is 13.5. The lowest BCUT2D eigenvalue weighted by Crippen LogP contribution is -2.40. The van der Waals surface area contributed by atoms with Crippen LogP contribution in [-0.4, -0.2) is 24.0 Å². The molecule has 1 unspecified atom stereocenters. The zero-order valence-electron chi connectivity index (χ0n) is 12.8. The van der Waals surface area contributed by atoms with E-state index in [1.807, 2.05) is 6.92 Å². The molecule has 0 aromatic heterocycles. The van der Waals surface area contributed by atoms with Crippen LogP contribution >= 0.6 is 11.6 Å². The number of nitrogens with two attached hydrogens (primary N) is 1. The van der Waals surface area contributed by atoms with Crippen molar-refractivity contribution in [3.05, 3.63) is 34.3 Å². The van der Waals surface area contributed by atoms with Crippen LogP contribution in [-0.2, 0) is 0 Å². The molecule has 0 saturated carbocycles. The van der Waals surface area contributed by atoms with Gasteiger partial charge in [-0.2, -0.15) is 0 Å². The molecule has 0 bridgehead atoms. The summed E-state index contributed by atoms with van der Waals surface area (Å²) in [6.07, 6.45) is 0. The molecule has 3 heteroatoms. The molecule has 19 heavy (non-hydrogen) atoms. The highest BCUT2D eigenvalue weighted by Crippen LogP contribution is 2.27. The SMILES string of the molecule is Cc1ccc(C(CN)N(CC(C)C)C(C)C)cc1Cl. The highest BCUT2D eigenvalue weighted by Gasteiger charge is 2.22. The summed E-state index contributed by atoms with van der Waals surface area (Å²) in [6, 6.07) is 6.99. The standard InChI is InChI=1S/C16H27ClN2/c1-11(2)10-19(12(3)4)16(9-18)14-7-6-13(5)15(17)8-14/h6-8,11-12,16H,9-10,18H2,1-5H3. The summed E-state index contributed by atoms with van der Waals surface area (Å²) in [4.78, 5) is 2.46. The van der Waals surface area contributed by atoms with E-state index in [1.54, 1.807) is 0 Å². The monoisotopic (exact) mass is 282 g/mol. The van der Waals surface area contributed by atoms with Gasteiger partial charge in [-0.15, -0.1) is 0 Å². The number of aryl methyl sites for hydroxylation is 1. The van der Waals surface area contributed by atoms with Crippen molar-refractivity contribution in [2.24, 2.45) is 11.7 Å². The van der Waals surface area contributed by atoms with Gasteiger partial charge in [0.2, 0.25) is 0 Å². The molecule has 1 atom stereocenters. The maximum absolute atomic E-state index is 6.25. The van der Waals surface area contributed by atoms with E-state index in [0.29, 0.717) is 18.5 Å². The van der Waals surface area contributed by atoms with Crippen molar-refractivity contribution in [1.29, 1.82) is 0 Å². The van der Waals surface area contributed by atoms with Gasteiger partial charge < -0.3 is 5.73 Å². The van der Waals surface area contributed by atoms with Crippen molar-refractivity contribution in [3.8, 4) is 0 Å². The Morgan fingerprint density at radius 1 is 1.21 bits per heavy atom. The summed E-state index contributed by atoms with van der Waals surface area (Å²) in [5, 5.41) is 0.823. The Balaban J connectivity index is 3.04. The molecule has 0 fully saturated rings. The molecule has 0 amide bonds. The van der Waals surface area contributed by atoms with E-state index >= 15 is 0 Å². The molecule has 0 aliphatic heterocycles. The third-order valence-electron chi connectivity index (χ3n) is 3.44. The lowest BCUT2D eigenvalue weighted by atomic mass is 10.0. The summed E-state index contributed by atoms with van der Waals surface area (Å²) in [6.45, 7) is 12.6. The Hall–Kier alpha value is -0.570. The highest BCUT2D eigenvalue weighted by atomic mass is 35.5. The van der Waals surface area contributed by atoms with Gasteiger partial charge in [-0.1, -0.05) is 37.6 Å². The van der Waals surface area contributed by atoms with Crippen LogP contribution in [0.3, 0.4) is 0 Å². The van der Waals surface area contributed by atoms with E-state index in [0.717, 1.165) is 17.1 Å². The normalized spacial score (nSPS) is 13.6. The van der Waals surface area contributed by atoms with Gasteiger partial charge in [0.15, 0.2) is 0 Å². The number of halogens is 1. The van der Waals surface area contributed by atoms with Gasteiger partial charge in [-0.05, 0) is 43.9 Å². The lowest BCUT2D eigenvalue weighted by Gasteiger charge is -2.36. The van der Waals surface area contributed by atoms with Crippen molar-refractivity contribution in [2.45, 2.75) is 46.7 Å². The van der Waals surface area contributed by atoms with Crippen molar-refractivity contribution in [2.75, 3.05) is 13.1 Å². The molecule has 1 rings (SSSR count). The molecule has 0 heterocycles. The van der Waals surface area contributed by atoms with Gasteiger partial charge in [0.1, 0.15) is 0 Å². The van der Waals surface area contributed by atoms with Gasteiger partial charge >= 0.3 is 0 Å². The smallest absolute Gasteiger partial charge is 0.0473 e. The van der Waals surface area contributed by atoms with Crippen molar-refractivity contribution >= 4 is 11.6 Å². The largest absolute Gasteiger partial charge is 0.329 e. The average Bonchev–Trinajstić information content (AvgIpc) is 2.32. The Morgan fingerprint density at radius 3 is 2.26 bits per heavy atom. The van der Waals surface area contributed by atoms with Crippen LogP contribution in [0.4, 0.5) is 0 Å². The first-order valence-corrected chi connectivity index (χ1v) is 7.46. The molecule has 0 radical (unpaired) electrons. The molecule has 2 nitrogen and oxygen atoms in total. The summed E-state index contributed by atoms with van der Waals surface area (Å²) >= 11 is 6.25. The van der Waals surface area contributed by atoms with Crippen LogP contribution in [0.1, 0.15) is 44.9 Å². The predicted octanol–water partition coefficient (Wildman–Crippen LogP) is 4.01. The van der Waals surface area contributed by atoms with E-state index in [1.165, 1.54) is 5.56 Å². The first-order valence-electron chi connectivity index (χ1n) is 7.08. The molecule has 0 spiro atoms. The number of hydrogen-bond donors (Lipinski definition) is 1. The molecule has 0 saturated heterocycles. The van der Waals surface area contributed by atoms with Crippen molar-refractivity contribution in [1.82, 2.24) is 4.90 Å². The molecular formula is C16H27ClN2. The minimum Gasteiger partial charge on any atom is -0.329 e. The minimum absolute atomic E-state index is 0.237. The Kier molecular flexibility index (Phi) is 6.31. The van der Waals surface area contributed by atoms with Gasteiger partial charge in [-0.3, -0.25) is 4.90 Å². The summed E-state index contributed by atoms with van der Waals surface area (Å²) in [7, 11) is 0. The first kappa shape index (κ1) is 16.5. The second-order valence-corrected chi connectivity index (χ2v) is 6.35. The van der Waals surface area contributed by atoms with Crippen molar-refractivity contribution < 1.29 is 0 Å². The number of hydrogen-bond acceptors (Lipinski definition) is 2. The lowest BCUT2D eigenvalue weighted by molar-refractivity contribution is 0.138. The van der Waals surface area contributed by atoms with Gasteiger partial charge in [0.05, 0.1) is 0 Å². The Bertz CT molecular complexity index is 402. The Labute approximate surface area is 122 Å². The fourth-order valence-electron chi connectivity index (χ4n) is 2.40. The third kappa shape index (κ3) is 4.48. The molecule has 2 N–H and O–H groups in total. The van der Waals surface area contributed by atoms with E-state index in [9.17, 15) is 0 Å². The van der Waals surface area contributed by atoms with E-state index in [4.69, 9.17) is 17.3 Å². The summed E-state index contributed by atoms with van der Waals surface area (Å²) in [5.41, 5.74) is 8.35. The number of rotatable bonds is 6. The van der Waals surface area contributed by atoms with Crippen LogP contribution < -0.4 is 5.73 Å². The quantitative estimate of drug-likeness (QED) is 0.854. The van der Waals surface area contributed by atoms with Crippen LogP contribution in [0.25, 0.3) is 0 Å². The fraction of sp³-hybridized carbons (Fsp3) is 0.625. The predicted molar refractivity (Wildman–Crippen MR) is 84.7 cm³/mol. The van der Waals surface area contributed by atoms with Crippen molar-refractivity contribution in [3.63, 3.8) is 0 Å². The minimum atomic E-state index is 0.237. The van der Waals surface area contributed by atoms with Crippen LogP contribution in [0.2, 0.25) is 5.02 Å². The molecule has 0 aliphatic rings. The second-order valence-electron chi connectivity index (χ2n) is 5.94. The first-order chi connectivity index (χ1) is 8.86.